The molecule has 0 saturated heterocycles. The van der Waals surface area contributed by atoms with Crippen LogP contribution in [0.3, 0.4) is 0 Å². The van der Waals surface area contributed by atoms with E-state index in [2.05, 4.69) is 15.0 Å². The zero-order valence-corrected chi connectivity index (χ0v) is 11.9. The highest BCUT2D eigenvalue weighted by molar-refractivity contribution is 7.89. The minimum Gasteiger partial charge on any atom is -0.379 e. The molecule has 0 atom stereocenters. The van der Waals surface area contributed by atoms with Gasteiger partial charge in [0.2, 0.25) is 10.0 Å². The van der Waals surface area contributed by atoms with Gasteiger partial charge in [0.1, 0.15) is 0 Å². The van der Waals surface area contributed by atoms with Gasteiger partial charge in [-0.15, -0.1) is 0 Å². The van der Waals surface area contributed by atoms with E-state index in [9.17, 15) is 8.42 Å². The largest absolute Gasteiger partial charge is 0.379 e. The summed E-state index contributed by atoms with van der Waals surface area (Å²) < 4.78 is 25.6. The molecule has 0 bridgehead atoms. The number of hydrogen-bond donors (Lipinski definition) is 2. The van der Waals surface area contributed by atoms with Crippen molar-refractivity contribution in [3.05, 3.63) is 52.9 Å². The molecule has 0 aromatic heterocycles. The predicted octanol–water partition coefficient (Wildman–Crippen LogP) is 0.963. The first-order chi connectivity index (χ1) is 9.60. The van der Waals surface area contributed by atoms with Crippen LogP contribution in [0.1, 0.15) is 5.56 Å². The summed E-state index contributed by atoms with van der Waals surface area (Å²) in [5.41, 5.74) is 4.41. The molecule has 0 unspecified atom stereocenters. The van der Waals surface area contributed by atoms with E-state index in [0.717, 1.165) is 29.9 Å². The Balaban J connectivity index is 1.82. The Hall–Kier alpha value is -1.92. The number of hydrogen-bond acceptors (Lipinski definition) is 4. The number of fused-ring (bicyclic) bond motifs is 1. The number of nitrogens with zero attached hydrogens (tertiary/aromatic N) is 1. The fourth-order valence-corrected chi connectivity index (χ4v) is 3.07. The molecule has 1 aromatic carbocycles. The third-order valence-electron chi connectivity index (χ3n) is 3.45. The predicted molar refractivity (Wildman–Crippen MR) is 78.0 cm³/mol. The van der Waals surface area contributed by atoms with Gasteiger partial charge in [-0.25, -0.2) is 13.1 Å². The third-order valence-corrected chi connectivity index (χ3v) is 4.88. The first kappa shape index (κ1) is 13.1. The molecule has 0 spiro atoms. The number of sulfonamides is 1. The molecular weight excluding hydrogens is 274 g/mol. The third kappa shape index (κ3) is 2.28. The summed E-state index contributed by atoms with van der Waals surface area (Å²) in [5, 5.41) is 3.29. The second-order valence-electron chi connectivity index (χ2n) is 4.69. The van der Waals surface area contributed by atoms with Gasteiger partial charge in [-0.05, 0) is 42.8 Å². The smallest absolute Gasteiger partial charge is 0.240 e. The summed E-state index contributed by atoms with van der Waals surface area (Å²) in [5.74, 6) is 0. The van der Waals surface area contributed by atoms with E-state index < -0.39 is 10.0 Å². The van der Waals surface area contributed by atoms with Crippen molar-refractivity contribution in [2.75, 3.05) is 13.6 Å². The molecule has 0 radical (unpaired) electrons. The molecule has 0 saturated carbocycles. The molecule has 2 heterocycles. The lowest BCUT2D eigenvalue weighted by atomic mass is 10.0. The van der Waals surface area contributed by atoms with Crippen LogP contribution in [0.5, 0.6) is 0 Å². The molecule has 0 amide bonds. The quantitative estimate of drug-likeness (QED) is 0.867. The number of allylic oxidation sites excluding steroid dienone is 1. The molecule has 20 heavy (non-hydrogen) atoms. The van der Waals surface area contributed by atoms with Crippen LogP contribution in [0.25, 0.3) is 0 Å². The second-order valence-corrected chi connectivity index (χ2v) is 6.58. The molecule has 1 aromatic rings. The molecule has 0 fully saturated rings. The summed E-state index contributed by atoms with van der Waals surface area (Å²) in [6.07, 6.45) is 4.53. The highest BCUT2D eigenvalue weighted by Crippen LogP contribution is 2.26. The van der Waals surface area contributed by atoms with Crippen LogP contribution in [-0.4, -0.2) is 28.2 Å². The van der Waals surface area contributed by atoms with Crippen molar-refractivity contribution in [3.63, 3.8) is 0 Å². The summed E-state index contributed by atoms with van der Waals surface area (Å²) in [7, 11) is -1.95. The lowest BCUT2D eigenvalue weighted by Crippen LogP contribution is -2.18. The topological polar surface area (TPSA) is 70.6 Å². The van der Waals surface area contributed by atoms with Crippen molar-refractivity contribution >= 4 is 16.2 Å². The van der Waals surface area contributed by atoms with Crippen molar-refractivity contribution in [3.8, 4) is 0 Å². The average molecular weight is 289 g/mol. The Bertz CT molecular complexity index is 728. The van der Waals surface area contributed by atoms with Gasteiger partial charge in [-0.3, -0.25) is 4.99 Å². The molecule has 2 aliphatic rings. The first-order valence-corrected chi connectivity index (χ1v) is 7.81. The molecule has 104 valence electrons. The van der Waals surface area contributed by atoms with Crippen LogP contribution < -0.4 is 10.0 Å². The minimum atomic E-state index is -3.36. The van der Waals surface area contributed by atoms with Crippen LogP contribution in [0.15, 0.2) is 57.2 Å². The first-order valence-electron chi connectivity index (χ1n) is 6.33. The van der Waals surface area contributed by atoms with E-state index in [1.54, 1.807) is 18.3 Å². The lowest BCUT2D eigenvalue weighted by molar-refractivity contribution is 0.588. The number of benzene rings is 1. The van der Waals surface area contributed by atoms with Crippen LogP contribution in [0.2, 0.25) is 0 Å². The average Bonchev–Trinajstić information content (AvgIpc) is 3.04. The van der Waals surface area contributed by atoms with E-state index in [1.807, 2.05) is 18.2 Å². The van der Waals surface area contributed by atoms with Crippen molar-refractivity contribution < 1.29 is 8.42 Å². The van der Waals surface area contributed by atoms with Crippen molar-refractivity contribution in [2.24, 2.45) is 4.99 Å². The van der Waals surface area contributed by atoms with Crippen LogP contribution >= 0.6 is 0 Å². The zero-order chi connectivity index (χ0) is 14.2. The molecule has 2 N–H and O–H groups in total. The summed E-state index contributed by atoms with van der Waals surface area (Å²) >= 11 is 0. The minimum absolute atomic E-state index is 0.283. The number of nitrogens with one attached hydrogen (secondary N) is 2. The monoisotopic (exact) mass is 289 g/mol. The van der Waals surface area contributed by atoms with E-state index in [4.69, 9.17) is 0 Å². The molecule has 6 heteroatoms. The van der Waals surface area contributed by atoms with Gasteiger partial charge in [0.25, 0.3) is 0 Å². The van der Waals surface area contributed by atoms with E-state index in [-0.39, 0.29) is 4.90 Å². The van der Waals surface area contributed by atoms with Crippen molar-refractivity contribution in [1.82, 2.24) is 10.0 Å². The van der Waals surface area contributed by atoms with Gasteiger partial charge in [0.05, 0.1) is 16.3 Å². The highest BCUT2D eigenvalue weighted by atomic mass is 32.2. The Morgan fingerprint density at radius 2 is 2.05 bits per heavy atom. The van der Waals surface area contributed by atoms with Gasteiger partial charge in [0.15, 0.2) is 0 Å². The maximum Gasteiger partial charge on any atom is 0.240 e. The van der Waals surface area contributed by atoms with E-state index >= 15 is 0 Å². The Morgan fingerprint density at radius 3 is 2.75 bits per heavy atom. The Kier molecular flexibility index (Phi) is 3.19. The van der Waals surface area contributed by atoms with Gasteiger partial charge < -0.3 is 5.32 Å². The normalized spacial score (nSPS) is 17.1. The SMILES string of the molecule is CNS(=O)(=O)c1ccc(CC2=C3N=CC=C3NC2)cc1. The molecule has 5 nitrogen and oxygen atoms in total. The molecular formula is C14H15N3O2S. The molecule has 2 aliphatic heterocycles. The van der Waals surface area contributed by atoms with Crippen LogP contribution in [0, 0.1) is 0 Å². The summed E-state index contributed by atoms with van der Waals surface area (Å²) in [6, 6.07) is 6.95. The molecule has 0 aliphatic carbocycles. The van der Waals surface area contributed by atoms with Crippen LogP contribution in [-0.2, 0) is 16.4 Å². The van der Waals surface area contributed by atoms with Crippen molar-refractivity contribution in [2.45, 2.75) is 11.3 Å². The zero-order valence-electron chi connectivity index (χ0n) is 11.1. The lowest BCUT2D eigenvalue weighted by Gasteiger charge is -2.06. The molecule has 3 rings (SSSR count). The van der Waals surface area contributed by atoms with Gasteiger partial charge >= 0.3 is 0 Å². The standard InChI is InChI=1S/C14H15N3O2S/c1-15-20(18,19)12-4-2-10(3-5-12)8-11-9-17-13-6-7-16-14(11)13/h2-7,15,17H,8-9H2,1H3. The Morgan fingerprint density at radius 1 is 1.30 bits per heavy atom. The van der Waals surface area contributed by atoms with Gasteiger partial charge in [-0.1, -0.05) is 12.1 Å². The maximum atomic E-state index is 11.6. The number of aliphatic imine (C=N–C) groups is 1. The summed E-state index contributed by atoms with van der Waals surface area (Å²) in [4.78, 5) is 4.62. The second kappa shape index (κ2) is 4.88. The van der Waals surface area contributed by atoms with E-state index in [1.165, 1.54) is 12.6 Å². The number of rotatable bonds is 4. The van der Waals surface area contributed by atoms with Crippen LogP contribution in [0.4, 0.5) is 0 Å². The van der Waals surface area contributed by atoms with Crippen molar-refractivity contribution in [1.29, 1.82) is 0 Å². The Labute approximate surface area is 118 Å². The maximum absolute atomic E-state index is 11.6. The fraction of sp³-hybridized carbons (Fsp3) is 0.214. The van der Waals surface area contributed by atoms with E-state index in [0.29, 0.717) is 0 Å². The van der Waals surface area contributed by atoms with Gasteiger partial charge in [0, 0.05) is 12.8 Å². The fourth-order valence-electron chi connectivity index (χ4n) is 2.34. The highest BCUT2D eigenvalue weighted by Gasteiger charge is 2.20. The summed E-state index contributed by atoms with van der Waals surface area (Å²) in [6.45, 7) is 0.801. The van der Waals surface area contributed by atoms with Gasteiger partial charge in [-0.2, -0.15) is 0 Å².